The molecule has 1 fully saturated rings. The third-order valence-corrected chi connectivity index (χ3v) is 4.20. The van der Waals surface area contributed by atoms with Crippen LogP contribution in [0.2, 0.25) is 0 Å². The summed E-state index contributed by atoms with van der Waals surface area (Å²) in [5, 5.41) is 3.08. The highest BCUT2D eigenvalue weighted by Gasteiger charge is 2.37. The van der Waals surface area contributed by atoms with E-state index in [0.717, 1.165) is 25.7 Å². The Balaban J connectivity index is 2.10. The average Bonchev–Trinajstić information content (AvgIpc) is 2.80. The van der Waals surface area contributed by atoms with E-state index in [1.165, 1.54) is 16.7 Å². The van der Waals surface area contributed by atoms with E-state index in [0.29, 0.717) is 0 Å². The molecule has 0 radical (unpaired) electrons. The summed E-state index contributed by atoms with van der Waals surface area (Å²) >= 11 is 0. The molecule has 3 heteroatoms. The number of nitrogens with one attached hydrogen (secondary N) is 1. The van der Waals surface area contributed by atoms with Gasteiger partial charge in [-0.25, -0.2) is 0 Å². The van der Waals surface area contributed by atoms with Crippen LogP contribution in [0.15, 0.2) is 18.2 Å². The fourth-order valence-electron chi connectivity index (χ4n) is 2.88. The summed E-state index contributed by atoms with van der Waals surface area (Å²) in [5.74, 6) is -0.00148. The van der Waals surface area contributed by atoms with Crippen molar-refractivity contribution >= 4 is 5.91 Å². The summed E-state index contributed by atoms with van der Waals surface area (Å²) < 4.78 is 0. The highest BCUT2D eigenvalue weighted by Crippen LogP contribution is 2.28. The first-order valence-electron chi connectivity index (χ1n) is 7.09. The number of benzene rings is 1. The summed E-state index contributed by atoms with van der Waals surface area (Å²) in [6.07, 6.45) is 3.72. The highest BCUT2D eigenvalue weighted by atomic mass is 16.2. The SMILES string of the molecule is Cc1ccc(C)c(C(C)NC(=O)C2(N)CCCC2)c1. The molecule has 0 aliphatic heterocycles. The molecule has 1 amide bonds. The first-order chi connectivity index (χ1) is 8.92. The number of amides is 1. The number of hydrogen-bond acceptors (Lipinski definition) is 2. The second kappa shape index (κ2) is 5.33. The zero-order chi connectivity index (χ0) is 14.0. The third kappa shape index (κ3) is 2.98. The minimum absolute atomic E-state index is 0.00148. The normalized spacial score (nSPS) is 19.2. The Labute approximate surface area is 115 Å². The van der Waals surface area contributed by atoms with Crippen LogP contribution in [0.1, 0.15) is 55.3 Å². The molecular weight excluding hydrogens is 236 g/mol. The number of carbonyl (C=O) groups excluding carboxylic acids is 1. The molecule has 1 aromatic carbocycles. The Morgan fingerprint density at radius 2 is 1.95 bits per heavy atom. The summed E-state index contributed by atoms with van der Waals surface area (Å²) in [6, 6.07) is 6.34. The molecule has 1 atom stereocenters. The van der Waals surface area contributed by atoms with Crippen molar-refractivity contribution in [3.63, 3.8) is 0 Å². The lowest BCUT2D eigenvalue weighted by atomic mass is 9.95. The van der Waals surface area contributed by atoms with Crippen molar-refractivity contribution < 1.29 is 4.79 Å². The van der Waals surface area contributed by atoms with Crippen LogP contribution in [0.4, 0.5) is 0 Å². The maximum absolute atomic E-state index is 12.3. The lowest BCUT2D eigenvalue weighted by Crippen LogP contribution is -2.52. The zero-order valence-corrected chi connectivity index (χ0v) is 12.1. The van der Waals surface area contributed by atoms with Crippen molar-refractivity contribution in [3.05, 3.63) is 34.9 Å². The maximum Gasteiger partial charge on any atom is 0.240 e. The van der Waals surface area contributed by atoms with Crippen molar-refractivity contribution in [1.29, 1.82) is 0 Å². The van der Waals surface area contributed by atoms with Gasteiger partial charge < -0.3 is 11.1 Å². The van der Waals surface area contributed by atoms with E-state index < -0.39 is 5.54 Å². The van der Waals surface area contributed by atoms with Gasteiger partial charge >= 0.3 is 0 Å². The largest absolute Gasteiger partial charge is 0.348 e. The van der Waals surface area contributed by atoms with Crippen molar-refractivity contribution in [2.24, 2.45) is 5.73 Å². The second-order valence-electron chi connectivity index (χ2n) is 5.92. The molecule has 0 heterocycles. The topological polar surface area (TPSA) is 55.1 Å². The van der Waals surface area contributed by atoms with E-state index in [4.69, 9.17) is 5.73 Å². The molecule has 1 aliphatic carbocycles. The zero-order valence-electron chi connectivity index (χ0n) is 12.1. The van der Waals surface area contributed by atoms with E-state index in [1.807, 2.05) is 6.92 Å². The summed E-state index contributed by atoms with van der Waals surface area (Å²) in [7, 11) is 0. The van der Waals surface area contributed by atoms with Gasteiger partial charge in [0.25, 0.3) is 0 Å². The fourth-order valence-corrected chi connectivity index (χ4v) is 2.88. The number of carbonyl (C=O) groups is 1. The molecular formula is C16H24N2O. The molecule has 1 aromatic rings. The Morgan fingerprint density at radius 1 is 1.32 bits per heavy atom. The van der Waals surface area contributed by atoms with Crippen LogP contribution < -0.4 is 11.1 Å². The predicted octanol–water partition coefficient (Wildman–Crippen LogP) is 2.75. The van der Waals surface area contributed by atoms with Gasteiger partial charge in [-0.2, -0.15) is 0 Å². The van der Waals surface area contributed by atoms with Gasteiger partial charge in [-0.05, 0) is 44.7 Å². The quantitative estimate of drug-likeness (QED) is 0.878. The minimum Gasteiger partial charge on any atom is -0.348 e. The van der Waals surface area contributed by atoms with Crippen LogP contribution in [0.5, 0.6) is 0 Å². The van der Waals surface area contributed by atoms with Gasteiger partial charge in [0, 0.05) is 0 Å². The van der Waals surface area contributed by atoms with E-state index in [9.17, 15) is 4.79 Å². The Morgan fingerprint density at radius 3 is 2.58 bits per heavy atom. The molecule has 19 heavy (non-hydrogen) atoms. The average molecular weight is 260 g/mol. The molecule has 2 rings (SSSR count). The number of hydrogen-bond donors (Lipinski definition) is 2. The standard InChI is InChI=1S/C16H24N2O/c1-11-6-7-12(2)14(10-11)13(3)18-15(19)16(17)8-4-5-9-16/h6-7,10,13H,4-5,8-9,17H2,1-3H3,(H,18,19). The van der Waals surface area contributed by atoms with Crippen LogP contribution in [0.3, 0.4) is 0 Å². The van der Waals surface area contributed by atoms with Crippen LogP contribution >= 0.6 is 0 Å². The Hall–Kier alpha value is -1.35. The smallest absolute Gasteiger partial charge is 0.240 e. The predicted molar refractivity (Wildman–Crippen MR) is 77.9 cm³/mol. The van der Waals surface area contributed by atoms with Crippen LogP contribution in [0.25, 0.3) is 0 Å². The molecule has 0 saturated heterocycles. The summed E-state index contributed by atoms with van der Waals surface area (Å²) in [4.78, 5) is 12.3. The van der Waals surface area contributed by atoms with Crippen molar-refractivity contribution in [1.82, 2.24) is 5.32 Å². The lowest BCUT2D eigenvalue weighted by Gasteiger charge is -2.26. The van der Waals surface area contributed by atoms with Gasteiger partial charge in [-0.15, -0.1) is 0 Å². The number of aryl methyl sites for hydroxylation is 2. The molecule has 3 N–H and O–H groups in total. The van der Waals surface area contributed by atoms with E-state index in [-0.39, 0.29) is 11.9 Å². The van der Waals surface area contributed by atoms with Gasteiger partial charge in [0.1, 0.15) is 0 Å². The van der Waals surface area contributed by atoms with Crippen LogP contribution in [-0.2, 0) is 4.79 Å². The molecule has 104 valence electrons. The summed E-state index contributed by atoms with van der Waals surface area (Å²) in [6.45, 7) is 6.17. The van der Waals surface area contributed by atoms with Gasteiger partial charge in [0.15, 0.2) is 0 Å². The molecule has 1 aliphatic rings. The maximum atomic E-state index is 12.3. The van der Waals surface area contributed by atoms with Gasteiger partial charge in [-0.3, -0.25) is 4.79 Å². The lowest BCUT2D eigenvalue weighted by molar-refractivity contribution is -0.126. The molecule has 1 unspecified atom stereocenters. The van der Waals surface area contributed by atoms with E-state index in [1.54, 1.807) is 0 Å². The molecule has 1 saturated carbocycles. The molecule has 0 spiro atoms. The highest BCUT2D eigenvalue weighted by molar-refractivity contribution is 5.86. The Bertz CT molecular complexity index is 476. The van der Waals surface area contributed by atoms with Gasteiger partial charge in [0.2, 0.25) is 5.91 Å². The first-order valence-corrected chi connectivity index (χ1v) is 7.09. The van der Waals surface area contributed by atoms with E-state index >= 15 is 0 Å². The van der Waals surface area contributed by atoms with Crippen molar-refractivity contribution in [2.45, 2.75) is 58.0 Å². The first kappa shape index (κ1) is 14.1. The third-order valence-electron chi connectivity index (χ3n) is 4.20. The molecule has 0 aromatic heterocycles. The van der Waals surface area contributed by atoms with Gasteiger partial charge in [0.05, 0.1) is 11.6 Å². The molecule has 0 bridgehead atoms. The Kier molecular flexibility index (Phi) is 3.95. The fraction of sp³-hybridized carbons (Fsp3) is 0.562. The number of nitrogens with two attached hydrogens (primary N) is 1. The summed E-state index contributed by atoms with van der Waals surface area (Å²) in [5.41, 5.74) is 9.13. The monoisotopic (exact) mass is 260 g/mol. The van der Waals surface area contributed by atoms with Crippen LogP contribution in [-0.4, -0.2) is 11.4 Å². The van der Waals surface area contributed by atoms with Crippen molar-refractivity contribution in [2.75, 3.05) is 0 Å². The molecule has 3 nitrogen and oxygen atoms in total. The number of rotatable bonds is 3. The van der Waals surface area contributed by atoms with Crippen molar-refractivity contribution in [3.8, 4) is 0 Å². The second-order valence-corrected chi connectivity index (χ2v) is 5.92. The van der Waals surface area contributed by atoms with Gasteiger partial charge in [-0.1, -0.05) is 36.6 Å². The van der Waals surface area contributed by atoms with E-state index in [2.05, 4.69) is 37.4 Å². The minimum atomic E-state index is -0.647. The van der Waals surface area contributed by atoms with Crippen LogP contribution in [0, 0.1) is 13.8 Å².